The van der Waals surface area contributed by atoms with Gasteiger partial charge in [0.2, 0.25) is 5.91 Å². The van der Waals surface area contributed by atoms with Crippen LogP contribution in [0.1, 0.15) is 18.9 Å². The van der Waals surface area contributed by atoms with Gasteiger partial charge in [-0.3, -0.25) is 4.79 Å². The number of nitrogens with one attached hydrogen (secondary N) is 1. The highest BCUT2D eigenvalue weighted by atomic mass is 32.2. The summed E-state index contributed by atoms with van der Waals surface area (Å²) in [6, 6.07) is 18.0. The van der Waals surface area contributed by atoms with Crippen molar-refractivity contribution in [2.75, 3.05) is 11.1 Å². The van der Waals surface area contributed by atoms with Crippen molar-refractivity contribution in [1.82, 2.24) is 0 Å². The lowest BCUT2D eigenvalue weighted by molar-refractivity contribution is -0.116. The Morgan fingerprint density at radius 2 is 1.75 bits per heavy atom. The molecule has 2 rings (SSSR count). The van der Waals surface area contributed by atoms with E-state index < -0.39 is 0 Å². The van der Waals surface area contributed by atoms with Crippen molar-refractivity contribution in [3.63, 3.8) is 0 Å². The Morgan fingerprint density at radius 3 is 2.50 bits per heavy atom. The molecule has 3 heteroatoms. The van der Waals surface area contributed by atoms with Gasteiger partial charge in [-0.25, -0.2) is 0 Å². The fourth-order valence-electron chi connectivity index (χ4n) is 1.97. The molecule has 0 atom stereocenters. The number of benzene rings is 2. The molecule has 0 fully saturated rings. The van der Waals surface area contributed by atoms with Crippen LogP contribution < -0.4 is 5.32 Å². The second-order valence-corrected chi connectivity index (χ2v) is 5.77. The number of aryl methyl sites for hydroxylation is 1. The summed E-state index contributed by atoms with van der Waals surface area (Å²) in [5.41, 5.74) is 2.11. The van der Waals surface area contributed by atoms with E-state index in [1.54, 1.807) is 11.8 Å². The summed E-state index contributed by atoms with van der Waals surface area (Å²) in [5.74, 6) is 1.06. The normalized spacial score (nSPS) is 10.2. The molecule has 2 aromatic carbocycles. The zero-order valence-corrected chi connectivity index (χ0v) is 12.5. The first kappa shape index (κ1) is 14.7. The van der Waals surface area contributed by atoms with Crippen molar-refractivity contribution in [2.45, 2.75) is 24.7 Å². The quantitative estimate of drug-likeness (QED) is 0.798. The standard InChI is InChI=1S/C17H19NOS/c1-2-20-16-11-7-6-10-15(16)18-17(19)13-12-14-8-4-3-5-9-14/h3-11H,2,12-13H2,1H3,(H,18,19). The molecule has 2 nitrogen and oxygen atoms in total. The van der Waals surface area contributed by atoms with Gasteiger partial charge >= 0.3 is 0 Å². The van der Waals surface area contributed by atoms with E-state index in [1.165, 1.54) is 5.56 Å². The first-order valence-electron chi connectivity index (χ1n) is 6.85. The summed E-state index contributed by atoms with van der Waals surface area (Å²) >= 11 is 1.74. The number of carbonyl (C=O) groups excluding carboxylic acids is 1. The van der Waals surface area contributed by atoms with Crippen molar-refractivity contribution < 1.29 is 4.79 Å². The molecular formula is C17H19NOS. The number of hydrogen-bond acceptors (Lipinski definition) is 2. The number of hydrogen-bond donors (Lipinski definition) is 1. The van der Waals surface area contributed by atoms with E-state index in [-0.39, 0.29) is 5.91 Å². The van der Waals surface area contributed by atoms with Crippen molar-refractivity contribution in [2.24, 2.45) is 0 Å². The van der Waals surface area contributed by atoms with Gasteiger partial charge in [-0.2, -0.15) is 0 Å². The van der Waals surface area contributed by atoms with Gasteiger partial charge in [-0.1, -0.05) is 49.4 Å². The smallest absolute Gasteiger partial charge is 0.224 e. The molecule has 0 unspecified atom stereocenters. The van der Waals surface area contributed by atoms with Crippen molar-refractivity contribution in [3.8, 4) is 0 Å². The molecule has 0 aromatic heterocycles. The molecule has 0 aliphatic rings. The largest absolute Gasteiger partial charge is 0.325 e. The summed E-state index contributed by atoms with van der Waals surface area (Å²) in [4.78, 5) is 13.1. The summed E-state index contributed by atoms with van der Waals surface area (Å²) in [7, 11) is 0. The highest BCUT2D eigenvalue weighted by Crippen LogP contribution is 2.26. The van der Waals surface area contributed by atoms with Crippen LogP contribution >= 0.6 is 11.8 Å². The highest BCUT2D eigenvalue weighted by molar-refractivity contribution is 7.99. The van der Waals surface area contributed by atoms with Gasteiger partial charge < -0.3 is 5.32 Å². The predicted molar refractivity (Wildman–Crippen MR) is 86.2 cm³/mol. The zero-order valence-electron chi connectivity index (χ0n) is 11.6. The Morgan fingerprint density at radius 1 is 1.05 bits per heavy atom. The zero-order chi connectivity index (χ0) is 14.2. The molecule has 0 radical (unpaired) electrons. The van der Waals surface area contributed by atoms with Gasteiger partial charge in [0.1, 0.15) is 0 Å². The lowest BCUT2D eigenvalue weighted by atomic mass is 10.1. The van der Waals surface area contributed by atoms with Crippen LogP contribution in [0.4, 0.5) is 5.69 Å². The predicted octanol–water partition coefficient (Wildman–Crippen LogP) is 4.37. The number of carbonyl (C=O) groups is 1. The van der Waals surface area contributed by atoms with E-state index in [0.717, 1.165) is 22.8 Å². The number of amides is 1. The van der Waals surface area contributed by atoms with Crippen LogP contribution in [0.25, 0.3) is 0 Å². The third kappa shape index (κ3) is 4.42. The summed E-state index contributed by atoms with van der Waals surface area (Å²) < 4.78 is 0. The molecule has 1 N–H and O–H groups in total. The Hall–Kier alpha value is -1.74. The molecule has 0 aliphatic heterocycles. The van der Waals surface area contributed by atoms with E-state index in [9.17, 15) is 4.79 Å². The molecule has 0 aliphatic carbocycles. The van der Waals surface area contributed by atoms with E-state index in [4.69, 9.17) is 0 Å². The molecule has 0 spiro atoms. The fourth-order valence-corrected chi connectivity index (χ4v) is 2.73. The van der Waals surface area contributed by atoms with E-state index in [2.05, 4.69) is 12.2 Å². The highest BCUT2D eigenvalue weighted by Gasteiger charge is 2.06. The van der Waals surface area contributed by atoms with Gasteiger partial charge in [-0.15, -0.1) is 11.8 Å². The van der Waals surface area contributed by atoms with E-state index in [0.29, 0.717) is 6.42 Å². The summed E-state index contributed by atoms with van der Waals surface area (Å²) in [6.45, 7) is 2.11. The number of rotatable bonds is 6. The number of anilines is 1. The van der Waals surface area contributed by atoms with Crippen LogP contribution in [0.5, 0.6) is 0 Å². The van der Waals surface area contributed by atoms with Crippen molar-refractivity contribution >= 4 is 23.4 Å². The fraction of sp³-hybridized carbons (Fsp3) is 0.235. The average molecular weight is 285 g/mol. The molecule has 0 saturated heterocycles. The van der Waals surface area contributed by atoms with Gasteiger partial charge in [-0.05, 0) is 29.9 Å². The van der Waals surface area contributed by atoms with Gasteiger partial charge in [0.25, 0.3) is 0 Å². The minimum atomic E-state index is 0.0676. The van der Waals surface area contributed by atoms with Crippen LogP contribution in [-0.4, -0.2) is 11.7 Å². The van der Waals surface area contributed by atoms with Crippen molar-refractivity contribution in [3.05, 3.63) is 60.2 Å². The second-order valence-electron chi connectivity index (χ2n) is 4.46. The first-order chi connectivity index (χ1) is 9.79. The summed E-state index contributed by atoms with van der Waals surface area (Å²) in [6.07, 6.45) is 1.28. The summed E-state index contributed by atoms with van der Waals surface area (Å²) in [5, 5.41) is 3.01. The second kappa shape index (κ2) is 7.75. The molecule has 104 valence electrons. The lowest BCUT2D eigenvalue weighted by Gasteiger charge is -2.10. The SMILES string of the molecule is CCSc1ccccc1NC(=O)CCc1ccccc1. The Bertz CT molecular complexity index is 554. The van der Waals surface area contributed by atoms with E-state index >= 15 is 0 Å². The number of para-hydroxylation sites is 1. The molecular weight excluding hydrogens is 266 g/mol. The molecule has 0 heterocycles. The molecule has 0 saturated carbocycles. The van der Waals surface area contributed by atoms with Crippen molar-refractivity contribution in [1.29, 1.82) is 0 Å². The van der Waals surface area contributed by atoms with Gasteiger partial charge in [0.05, 0.1) is 5.69 Å². The maximum absolute atomic E-state index is 12.0. The maximum atomic E-state index is 12.0. The average Bonchev–Trinajstić information content (AvgIpc) is 2.49. The van der Waals surface area contributed by atoms with Crippen LogP contribution in [0.15, 0.2) is 59.5 Å². The molecule has 20 heavy (non-hydrogen) atoms. The lowest BCUT2D eigenvalue weighted by Crippen LogP contribution is -2.12. The Balaban J connectivity index is 1.91. The van der Waals surface area contributed by atoms with E-state index in [1.807, 2.05) is 54.6 Å². The molecule has 1 amide bonds. The number of thioether (sulfide) groups is 1. The Kier molecular flexibility index (Phi) is 5.69. The Labute approximate surface area is 124 Å². The third-order valence-electron chi connectivity index (χ3n) is 2.94. The van der Waals surface area contributed by atoms with Crippen LogP contribution in [-0.2, 0) is 11.2 Å². The first-order valence-corrected chi connectivity index (χ1v) is 7.83. The maximum Gasteiger partial charge on any atom is 0.224 e. The third-order valence-corrected chi connectivity index (χ3v) is 3.90. The molecule has 0 bridgehead atoms. The van der Waals surface area contributed by atoms with Gasteiger partial charge in [0, 0.05) is 11.3 Å². The molecule has 2 aromatic rings. The monoisotopic (exact) mass is 285 g/mol. The topological polar surface area (TPSA) is 29.1 Å². The minimum Gasteiger partial charge on any atom is -0.325 e. The van der Waals surface area contributed by atoms with Crippen LogP contribution in [0, 0.1) is 0 Å². The minimum absolute atomic E-state index is 0.0676. The van der Waals surface area contributed by atoms with Crippen LogP contribution in [0.3, 0.4) is 0 Å². The van der Waals surface area contributed by atoms with Gasteiger partial charge in [0.15, 0.2) is 0 Å². The van der Waals surface area contributed by atoms with Crippen LogP contribution in [0.2, 0.25) is 0 Å².